The summed E-state index contributed by atoms with van der Waals surface area (Å²) in [6.45, 7) is 8.43. The molecule has 1 aromatic rings. The topological polar surface area (TPSA) is 75.7 Å². The van der Waals surface area contributed by atoms with E-state index in [-0.39, 0.29) is 34.0 Å². The maximum Gasteiger partial charge on any atom is 0.210 e. The molecule has 0 fully saturated rings. The normalized spacial score (nSPS) is 9.00. The van der Waals surface area contributed by atoms with Crippen molar-refractivity contribution in [2.75, 3.05) is 0 Å². The van der Waals surface area contributed by atoms with Gasteiger partial charge in [-0.2, -0.15) is 15.8 Å². The molecule has 0 saturated carbocycles. The SMILES string of the molecule is [2H]c1c(C#N)c(C)c([N+]#[C-])c(C#N)c1C#N. The van der Waals surface area contributed by atoms with Crippen molar-refractivity contribution in [2.24, 2.45) is 0 Å². The minimum absolute atomic E-state index is 0.0217. The molecule has 0 bridgehead atoms. The average Bonchev–Trinajstić information content (AvgIpc) is 2.29. The summed E-state index contributed by atoms with van der Waals surface area (Å²) in [5.41, 5.74) is -0.110. The van der Waals surface area contributed by atoms with Crippen molar-refractivity contribution in [3.05, 3.63) is 39.7 Å². The fourth-order valence-corrected chi connectivity index (χ4v) is 1.15. The molecule has 0 spiro atoms. The van der Waals surface area contributed by atoms with E-state index in [0.717, 1.165) is 0 Å². The highest BCUT2D eigenvalue weighted by Gasteiger charge is 2.14. The van der Waals surface area contributed by atoms with Crippen molar-refractivity contribution in [2.45, 2.75) is 6.92 Å². The average molecular weight is 193 g/mol. The first kappa shape index (κ1) is 8.76. The Kier molecular flexibility index (Phi) is 2.29. The molecular weight excluding hydrogens is 188 g/mol. The molecule has 4 nitrogen and oxygen atoms in total. The van der Waals surface area contributed by atoms with Crippen LogP contribution in [-0.2, 0) is 0 Å². The van der Waals surface area contributed by atoms with Crippen LogP contribution in [0.15, 0.2) is 6.04 Å². The van der Waals surface area contributed by atoms with Crippen LogP contribution in [0.2, 0.25) is 0 Å². The minimum atomic E-state index is -0.286. The molecule has 4 heteroatoms. The molecule has 0 N–H and O–H groups in total. The lowest BCUT2D eigenvalue weighted by atomic mass is 9.98. The molecule has 0 aliphatic carbocycles. The second kappa shape index (κ2) is 3.93. The lowest BCUT2D eigenvalue weighted by molar-refractivity contribution is 1.36. The number of nitriles is 3. The van der Waals surface area contributed by atoms with Crippen molar-refractivity contribution < 1.29 is 1.37 Å². The third-order valence-electron chi connectivity index (χ3n) is 1.91. The molecule has 1 rings (SSSR count). The van der Waals surface area contributed by atoms with Gasteiger partial charge in [-0.05, 0) is 18.5 Å². The number of hydrogen-bond acceptors (Lipinski definition) is 3. The summed E-state index contributed by atoms with van der Waals surface area (Å²) >= 11 is 0. The Balaban J connectivity index is 3.99. The molecule has 0 atom stereocenters. The Morgan fingerprint density at radius 1 is 1.27 bits per heavy atom. The van der Waals surface area contributed by atoms with Gasteiger partial charge in [-0.1, -0.05) is 0 Å². The van der Waals surface area contributed by atoms with E-state index in [9.17, 15) is 0 Å². The predicted octanol–water partition coefficient (Wildman–Crippen LogP) is 2.16. The minimum Gasteiger partial charge on any atom is -0.236 e. The zero-order chi connectivity index (χ0) is 12.3. The van der Waals surface area contributed by atoms with E-state index in [0.29, 0.717) is 0 Å². The van der Waals surface area contributed by atoms with Gasteiger partial charge < -0.3 is 0 Å². The van der Waals surface area contributed by atoms with Gasteiger partial charge >= 0.3 is 0 Å². The van der Waals surface area contributed by atoms with Gasteiger partial charge in [-0.15, -0.1) is 0 Å². The van der Waals surface area contributed by atoms with Crippen LogP contribution in [0.3, 0.4) is 0 Å². The van der Waals surface area contributed by atoms with Crippen LogP contribution in [0.25, 0.3) is 4.85 Å². The molecule has 0 saturated heterocycles. The Morgan fingerprint density at radius 2 is 1.87 bits per heavy atom. The molecule has 0 radical (unpaired) electrons. The summed E-state index contributed by atoms with van der Waals surface area (Å²) in [5, 5.41) is 26.5. The predicted molar refractivity (Wildman–Crippen MR) is 51.6 cm³/mol. The van der Waals surface area contributed by atoms with E-state index in [1.165, 1.54) is 6.92 Å². The molecule has 0 amide bonds. The van der Waals surface area contributed by atoms with Crippen LogP contribution in [0, 0.1) is 47.5 Å². The molecule has 0 aliphatic rings. The van der Waals surface area contributed by atoms with E-state index < -0.39 is 0 Å². The van der Waals surface area contributed by atoms with E-state index in [4.69, 9.17) is 23.7 Å². The Bertz CT molecular complexity index is 591. The van der Waals surface area contributed by atoms with Crippen molar-refractivity contribution in [1.29, 1.82) is 15.8 Å². The van der Waals surface area contributed by atoms with E-state index in [1.54, 1.807) is 18.2 Å². The first-order valence-corrected chi connectivity index (χ1v) is 3.87. The Labute approximate surface area is 88.4 Å². The smallest absolute Gasteiger partial charge is 0.210 e. The largest absolute Gasteiger partial charge is 0.236 e. The van der Waals surface area contributed by atoms with Gasteiger partial charge in [0, 0.05) is 5.56 Å². The molecule has 1 aromatic carbocycles. The maximum atomic E-state index is 8.86. The molecule has 0 heterocycles. The molecule has 0 aromatic heterocycles. The zero-order valence-electron chi connectivity index (χ0n) is 8.79. The first-order chi connectivity index (χ1) is 7.62. The number of rotatable bonds is 0. The van der Waals surface area contributed by atoms with Gasteiger partial charge in [0.15, 0.2) is 0 Å². The third kappa shape index (κ3) is 1.49. The number of nitrogens with zero attached hydrogens (tertiary/aromatic N) is 4. The van der Waals surface area contributed by atoms with Crippen molar-refractivity contribution in [3.63, 3.8) is 0 Å². The molecular formula is C11H4N4. The molecule has 15 heavy (non-hydrogen) atoms. The van der Waals surface area contributed by atoms with Crippen LogP contribution in [0.5, 0.6) is 0 Å². The second-order valence-corrected chi connectivity index (χ2v) is 2.67. The van der Waals surface area contributed by atoms with Gasteiger partial charge in [0.1, 0.15) is 0 Å². The van der Waals surface area contributed by atoms with Crippen LogP contribution in [0.1, 0.15) is 23.6 Å². The first-order valence-electron chi connectivity index (χ1n) is 4.37. The van der Waals surface area contributed by atoms with Gasteiger partial charge in [0.25, 0.3) is 0 Å². The summed E-state index contributed by atoms with van der Waals surface area (Å²) in [7, 11) is 0. The van der Waals surface area contributed by atoms with Crippen LogP contribution in [0.4, 0.5) is 5.69 Å². The van der Waals surface area contributed by atoms with Crippen molar-refractivity contribution in [1.82, 2.24) is 0 Å². The summed E-state index contributed by atoms with van der Waals surface area (Å²) in [4.78, 5) is 3.14. The van der Waals surface area contributed by atoms with Gasteiger partial charge in [0.2, 0.25) is 5.69 Å². The molecule has 0 aliphatic heterocycles. The van der Waals surface area contributed by atoms with Gasteiger partial charge in [0.05, 0.1) is 37.3 Å². The van der Waals surface area contributed by atoms with Crippen LogP contribution < -0.4 is 0 Å². The third-order valence-corrected chi connectivity index (χ3v) is 1.91. The highest BCUT2D eigenvalue weighted by molar-refractivity contribution is 5.72. The molecule has 0 unspecified atom stereocenters. The number of benzene rings is 1. The summed E-state index contributed by atoms with van der Waals surface area (Å²) < 4.78 is 7.60. The summed E-state index contributed by atoms with van der Waals surface area (Å²) in [6, 6.07) is 4.91. The number of hydrogen-bond donors (Lipinski definition) is 0. The van der Waals surface area contributed by atoms with Crippen LogP contribution >= 0.6 is 0 Å². The van der Waals surface area contributed by atoms with Crippen molar-refractivity contribution >= 4 is 5.69 Å². The second-order valence-electron chi connectivity index (χ2n) is 2.67. The fourth-order valence-electron chi connectivity index (χ4n) is 1.15. The Hall–Kier alpha value is -2.82. The lowest BCUT2D eigenvalue weighted by Crippen LogP contribution is -1.91. The van der Waals surface area contributed by atoms with E-state index >= 15 is 0 Å². The molecule has 68 valence electrons. The van der Waals surface area contributed by atoms with Gasteiger partial charge in [-0.25, -0.2) is 4.85 Å². The summed E-state index contributed by atoms with van der Waals surface area (Å²) in [5.74, 6) is 0. The highest BCUT2D eigenvalue weighted by atomic mass is 14.7. The Morgan fingerprint density at radius 3 is 2.27 bits per heavy atom. The quantitative estimate of drug-likeness (QED) is 0.592. The monoisotopic (exact) mass is 193 g/mol. The maximum absolute atomic E-state index is 8.86. The van der Waals surface area contributed by atoms with Crippen LogP contribution in [-0.4, -0.2) is 0 Å². The van der Waals surface area contributed by atoms with Gasteiger partial charge in [-0.3, -0.25) is 0 Å². The zero-order valence-corrected chi connectivity index (χ0v) is 7.79. The highest BCUT2D eigenvalue weighted by Crippen LogP contribution is 2.29. The summed E-state index contributed by atoms with van der Waals surface area (Å²) in [6.07, 6.45) is 0. The lowest BCUT2D eigenvalue weighted by Gasteiger charge is -2.03. The standard InChI is InChI=1S/C11H4N4/c1-7-8(4-12)3-9(5-13)10(6-14)11(7)15-2/h3H,1H3/i3D. The van der Waals surface area contributed by atoms with E-state index in [2.05, 4.69) is 4.85 Å². The van der Waals surface area contributed by atoms with Crippen molar-refractivity contribution in [3.8, 4) is 18.2 Å². The van der Waals surface area contributed by atoms with E-state index in [1.807, 2.05) is 0 Å². The fraction of sp³-hybridized carbons (Fsp3) is 0.0909.